The molecule has 0 radical (unpaired) electrons. The van der Waals surface area contributed by atoms with Crippen LogP contribution in [0.4, 0.5) is 0 Å². The molecule has 4 nitrogen and oxygen atoms in total. The fraction of sp³-hybridized carbons (Fsp3) is 0.533. The van der Waals surface area contributed by atoms with E-state index in [1.54, 1.807) is 13.2 Å². The summed E-state index contributed by atoms with van der Waals surface area (Å²) in [6, 6.07) is 5.62. The van der Waals surface area contributed by atoms with Gasteiger partial charge in [-0.25, -0.2) is 0 Å². The lowest BCUT2D eigenvalue weighted by Crippen LogP contribution is -2.31. The molecular formula is C15H24N2O2. The Bertz CT molecular complexity index is 428. The summed E-state index contributed by atoms with van der Waals surface area (Å²) in [5.74, 6) is 1.09. The summed E-state index contributed by atoms with van der Waals surface area (Å²) in [5, 5.41) is 2.89. The fourth-order valence-electron chi connectivity index (χ4n) is 1.82. The van der Waals surface area contributed by atoms with Crippen molar-refractivity contribution >= 4 is 5.91 Å². The molecule has 4 heteroatoms. The second-order valence-corrected chi connectivity index (χ2v) is 5.17. The molecule has 1 N–H and O–H groups in total. The van der Waals surface area contributed by atoms with E-state index in [9.17, 15) is 4.79 Å². The minimum Gasteiger partial charge on any atom is -0.496 e. The predicted molar refractivity (Wildman–Crippen MR) is 78.0 cm³/mol. The number of likely N-dealkylation sites (N-methyl/N-ethyl adjacent to an activating group) is 1. The number of nitrogens with zero attached hydrogens (tertiary/aromatic N) is 1. The van der Waals surface area contributed by atoms with Gasteiger partial charge in [-0.1, -0.05) is 19.9 Å². The van der Waals surface area contributed by atoms with Crippen LogP contribution in [0.5, 0.6) is 5.75 Å². The van der Waals surface area contributed by atoms with Gasteiger partial charge in [0.1, 0.15) is 5.75 Å². The Labute approximate surface area is 115 Å². The number of methoxy groups -OCH3 is 1. The summed E-state index contributed by atoms with van der Waals surface area (Å²) >= 11 is 0. The van der Waals surface area contributed by atoms with Crippen LogP contribution >= 0.6 is 0 Å². The Kier molecular flexibility index (Phi) is 5.83. The monoisotopic (exact) mass is 264 g/mol. The summed E-state index contributed by atoms with van der Waals surface area (Å²) in [7, 11) is 5.59. The number of carbonyl (C=O) groups excluding carboxylic acids is 1. The van der Waals surface area contributed by atoms with Gasteiger partial charge in [0, 0.05) is 18.7 Å². The lowest BCUT2D eigenvalue weighted by molar-refractivity contribution is 0.0950. The Balaban J connectivity index is 2.76. The zero-order valence-corrected chi connectivity index (χ0v) is 12.5. The largest absolute Gasteiger partial charge is 0.496 e. The van der Waals surface area contributed by atoms with Crippen LogP contribution in [0.1, 0.15) is 35.7 Å². The van der Waals surface area contributed by atoms with E-state index in [1.807, 2.05) is 31.1 Å². The highest BCUT2D eigenvalue weighted by molar-refractivity contribution is 5.94. The molecule has 0 aromatic heterocycles. The summed E-state index contributed by atoms with van der Waals surface area (Å²) in [5.41, 5.74) is 1.76. The van der Waals surface area contributed by atoms with E-state index in [4.69, 9.17) is 4.74 Å². The maximum atomic E-state index is 12.0. The number of rotatable bonds is 6. The normalized spacial score (nSPS) is 10.9. The van der Waals surface area contributed by atoms with Crippen molar-refractivity contribution < 1.29 is 9.53 Å². The second-order valence-electron chi connectivity index (χ2n) is 5.17. The van der Waals surface area contributed by atoms with Gasteiger partial charge in [-0.2, -0.15) is 0 Å². The van der Waals surface area contributed by atoms with Gasteiger partial charge in [0.25, 0.3) is 5.91 Å². The van der Waals surface area contributed by atoms with Gasteiger partial charge in [0.15, 0.2) is 0 Å². The van der Waals surface area contributed by atoms with Crippen molar-refractivity contribution in [2.45, 2.75) is 19.8 Å². The van der Waals surface area contributed by atoms with Crippen LogP contribution in [-0.2, 0) is 0 Å². The molecule has 1 rings (SSSR count). The van der Waals surface area contributed by atoms with Crippen molar-refractivity contribution in [1.82, 2.24) is 10.2 Å². The third kappa shape index (κ3) is 4.56. The molecule has 1 aromatic carbocycles. The number of carbonyl (C=O) groups is 1. The van der Waals surface area contributed by atoms with E-state index in [0.717, 1.165) is 17.9 Å². The minimum absolute atomic E-state index is 0.0598. The molecular weight excluding hydrogens is 240 g/mol. The molecule has 0 bridgehead atoms. The summed E-state index contributed by atoms with van der Waals surface area (Å²) in [6.45, 7) is 5.68. The van der Waals surface area contributed by atoms with E-state index < -0.39 is 0 Å². The van der Waals surface area contributed by atoms with Crippen LogP contribution in [-0.4, -0.2) is 45.1 Å². The topological polar surface area (TPSA) is 41.6 Å². The van der Waals surface area contributed by atoms with Crippen LogP contribution in [0.2, 0.25) is 0 Å². The molecule has 0 saturated carbocycles. The zero-order valence-electron chi connectivity index (χ0n) is 12.5. The molecule has 0 heterocycles. The Hall–Kier alpha value is -1.55. The van der Waals surface area contributed by atoms with Crippen LogP contribution < -0.4 is 10.1 Å². The van der Waals surface area contributed by atoms with Gasteiger partial charge in [0.05, 0.1) is 7.11 Å². The van der Waals surface area contributed by atoms with Crippen molar-refractivity contribution in [3.8, 4) is 5.75 Å². The first-order valence-electron chi connectivity index (χ1n) is 6.56. The van der Waals surface area contributed by atoms with Gasteiger partial charge < -0.3 is 15.0 Å². The maximum absolute atomic E-state index is 12.0. The standard InChI is InChI=1S/C15H24N2O2/c1-11(2)13-7-6-12(10-14(13)19-5)15(18)16-8-9-17(3)4/h6-7,10-11H,8-9H2,1-5H3,(H,16,18). The first-order valence-corrected chi connectivity index (χ1v) is 6.56. The predicted octanol–water partition coefficient (Wildman–Crippen LogP) is 2.11. The van der Waals surface area contributed by atoms with Crippen molar-refractivity contribution in [3.63, 3.8) is 0 Å². The second kappa shape index (κ2) is 7.14. The molecule has 0 fully saturated rings. The quantitative estimate of drug-likeness (QED) is 0.855. The number of amides is 1. The molecule has 1 aromatic rings. The van der Waals surface area contributed by atoms with E-state index in [1.165, 1.54) is 0 Å². The molecule has 1 amide bonds. The van der Waals surface area contributed by atoms with Crippen molar-refractivity contribution in [1.29, 1.82) is 0 Å². The average molecular weight is 264 g/mol. The van der Waals surface area contributed by atoms with Crippen LogP contribution in [0, 0.1) is 0 Å². The highest BCUT2D eigenvalue weighted by Gasteiger charge is 2.11. The third-order valence-electron chi connectivity index (χ3n) is 2.96. The summed E-state index contributed by atoms with van der Waals surface area (Å²) in [6.07, 6.45) is 0. The minimum atomic E-state index is -0.0598. The summed E-state index contributed by atoms with van der Waals surface area (Å²) < 4.78 is 5.35. The van der Waals surface area contributed by atoms with E-state index in [-0.39, 0.29) is 5.91 Å². The lowest BCUT2D eigenvalue weighted by Gasteiger charge is -2.14. The smallest absolute Gasteiger partial charge is 0.251 e. The van der Waals surface area contributed by atoms with Gasteiger partial charge in [0.2, 0.25) is 0 Å². The number of benzene rings is 1. The van der Waals surface area contributed by atoms with E-state index in [0.29, 0.717) is 18.0 Å². The number of nitrogens with one attached hydrogen (secondary N) is 1. The van der Waals surface area contributed by atoms with Crippen LogP contribution in [0.15, 0.2) is 18.2 Å². The highest BCUT2D eigenvalue weighted by atomic mass is 16.5. The van der Waals surface area contributed by atoms with Crippen LogP contribution in [0.3, 0.4) is 0 Å². The molecule has 106 valence electrons. The summed E-state index contributed by atoms with van der Waals surface area (Å²) in [4.78, 5) is 14.0. The van der Waals surface area contributed by atoms with Crippen molar-refractivity contribution in [2.75, 3.05) is 34.3 Å². The molecule has 0 aliphatic heterocycles. The van der Waals surface area contributed by atoms with Gasteiger partial charge >= 0.3 is 0 Å². The van der Waals surface area contributed by atoms with E-state index in [2.05, 4.69) is 19.2 Å². The van der Waals surface area contributed by atoms with Gasteiger partial charge in [-0.3, -0.25) is 4.79 Å². The number of ether oxygens (including phenoxy) is 1. The SMILES string of the molecule is COc1cc(C(=O)NCCN(C)C)ccc1C(C)C. The molecule has 0 spiro atoms. The number of hydrogen-bond donors (Lipinski definition) is 1. The average Bonchev–Trinajstić information content (AvgIpc) is 2.37. The molecule has 19 heavy (non-hydrogen) atoms. The van der Waals surface area contributed by atoms with Gasteiger partial charge in [-0.05, 0) is 37.7 Å². The van der Waals surface area contributed by atoms with Crippen molar-refractivity contribution in [3.05, 3.63) is 29.3 Å². The highest BCUT2D eigenvalue weighted by Crippen LogP contribution is 2.27. The third-order valence-corrected chi connectivity index (χ3v) is 2.96. The van der Waals surface area contributed by atoms with Crippen molar-refractivity contribution in [2.24, 2.45) is 0 Å². The molecule has 0 aliphatic rings. The van der Waals surface area contributed by atoms with Gasteiger partial charge in [-0.15, -0.1) is 0 Å². The molecule has 0 saturated heterocycles. The van der Waals surface area contributed by atoms with E-state index >= 15 is 0 Å². The number of hydrogen-bond acceptors (Lipinski definition) is 3. The molecule has 0 unspecified atom stereocenters. The fourth-order valence-corrected chi connectivity index (χ4v) is 1.82. The van der Waals surface area contributed by atoms with Crippen LogP contribution in [0.25, 0.3) is 0 Å². The Morgan fingerprint density at radius 3 is 2.58 bits per heavy atom. The lowest BCUT2D eigenvalue weighted by atomic mass is 10.00. The Morgan fingerprint density at radius 1 is 1.37 bits per heavy atom. The molecule has 0 atom stereocenters. The maximum Gasteiger partial charge on any atom is 0.251 e. The molecule has 0 aliphatic carbocycles. The first kappa shape index (κ1) is 15.5. The zero-order chi connectivity index (χ0) is 14.4. The Morgan fingerprint density at radius 2 is 2.05 bits per heavy atom. The first-order chi connectivity index (χ1) is 8.95.